The molecule has 0 bridgehead atoms. The van der Waals surface area contributed by atoms with Crippen molar-refractivity contribution in [3.8, 4) is 0 Å². The molecule has 1 aliphatic carbocycles. The number of amides is 1. The molecule has 0 aliphatic heterocycles. The Hall–Kier alpha value is -0.530. The van der Waals surface area contributed by atoms with Crippen LogP contribution in [0.15, 0.2) is 4.99 Å². The number of nitrogens with one attached hydrogen (secondary N) is 3. The van der Waals surface area contributed by atoms with Crippen molar-refractivity contribution in [2.24, 2.45) is 4.99 Å². The van der Waals surface area contributed by atoms with Crippen LogP contribution in [0, 0.1) is 0 Å². The first-order valence-corrected chi connectivity index (χ1v) is 6.26. The van der Waals surface area contributed by atoms with Gasteiger partial charge in [-0.05, 0) is 40.5 Å². The molecule has 1 amide bonds. The second-order valence-corrected chi connectivity index (χ2v) is 5.41. The van der Waals surface area contributed by atoms with Gasteiger partial charge in [-0.3, -0.25) is 4.79 Å². The Labute approximate surface area is 127 Å². The summed E-state index contributed by atoms with van der Waals surface area (Å²) in [5.74, 6) is 0.685. The number of guanidine groups is 1. The molecule has 1 rings (SSSR count). The standard InChI is InChI=1S/C12H24N4O.HI/c1-5-13-11(15-9-6-7-9)14-8-10(17)16-12(2,3)4;/h9H,5-8H2,1-4H3,(H,16,17)(H2,13,14,15);1H. The number of nitrogens with zero attached hydrogens (tertiary/aromatic N) is 1. The molecule has 0 spiro atoms. The monoisotopic (exact) mass is 368 g/mol. The lowest BCUT2D eigenvalue weighted by Crippen LogP contribution is -2.43. The van der Waals surface area contributed by atoms with Gasteiger partial charge in [0.1, 0.15) is 6.54 Å². The van der Waals surface area contributed by atoms with Crippen LogP contribution in [0.3, 0.4) is 0 Å². The summed E-state index contributed by atoms with van der Waals surface area (Å²) in [6.45, 7) is 8.87. The van der Waals surface area contributed by atoms with Crippen LogP contribution in [0.25, 0.3) is 0 Å². The van der Waals surface area contributed by atoms with E-state index in [-0.39, 0.29) is 42.0 Å². The van der Waals surface area contributed by atoms with E-state index in [1.165, 1.54) is 12.8 Å². The molecule has 1 fully saturated rings. The van der Waals surface area contributed by atoms with E-state index in [0.717, 1.165) is 12.5 Å². The number of carbonyl (C=O) groups is 1. The molecule has 1 saturated carbocycles. The number of hydrogen-bond donors (Lipinski definition) is 3. The van der Waals surface area contributed by atoms with Gasteiger partial charge in [-0.15, -0.1) is 24.0 Å². The lowest BCUT2D eigenvalue weighted by molar-refractivity contribution is -0.121. The molecular formula is C12H25IN4O. The highest BCUT2D eigenvalue weighted by Crippen LogP contribution is 2.18. The average molecular weight is 368 g/mol. The van der Waals surface area contributed by atoms with Crippen LogP contribution in [0.1, 0.15) is 40.5 Å². The molecule has 0 aromatic heterocycles. The van der Waals surface area contributed by atoms with E-state index < -0.39 is 0 Å². The summed E-state index contributed by atoms with van der Waals surface area (Å²) in [4.78, 5) is 15.9. The number of halogens is 1. The highest BCUT2D eigenvalue weighted by Gasteiger charge is 2.22. The summed E-state index contributed by atoms with van der Waals surface area (Å²) >= 11 is 0. The minimum absolute atomic E-state index is 0. The summed E-state index contributed by atoms with van der Waals surface area (Å²) < 4.78 is 0. The van der Waals surface area contributed by atoms with Crippen LogP contribution in [0.5, 0.6) is 0 Å². The molecule has 0 saturated heterocycles. The first kappa shape index (κ1) is 17.5. The summed E-state index contributed by atoms with van der Waals surface area (Å²) in [5, 5.41) is 9.28. The smallest absolute Gasteiger partial charge is 0.242 e. The summed E-state index contributed by atoms with van der Waals surface area (Å²) in [7, 11) is 0. The third kappa shape index (κ3) is 8.54. The molecule has 0 aromatic rings. The van der Waals surface area contributed by atoms with Gasteiger partial charge in [0, 0.05) is 18.1 Å². The molecular weight excluding hydrogens is 343 g/mol. The lowest BCUT2D eigenvalue weighted by atomic mass is 10.1. The minimum Gasteiger partial charge on any atom is -0.357 e. The normalized spacial score (nSPS) is 15.7. The van der Waals surface area contributed by atoms with Crippen LogP contribution in [0.4, 0.5) is 0 Å². The molecule has 6 heteroatoms. The van der Waals surface area contributed by atoms with E-state index >= 15 is 0 Å². The SMILES string of the molecule is CCNC(=NCC(=O)NC(C)(C)C)NC1CC1.I. The van der Waals surface area contributed by atoms with Gasteiger partial charge in [0.05, 0.1) is 0 Å². The van der Waals surface area contributed by atoms with E-state index in [0.29, 0.717) is 6.04 Å². The predicted molar refractivity (Wildman–Crippen MR) is 85.4 cm³/mol. The largest absolute Gasteiger partial charge is 0.357 e. The summed E-state index contributed by atoms with van der Waals surface area (Å²) in [5.41, 5.74) is -0.200. The Morgan fingerprint density at radius 3 is 2.39 bits per heavy atom. The van der Waals surface area contributed by atoms with Gasteiger partial charge >= 0.3 is 0 Å². The molecule has 0 heterocycles. The zero-order valence-electron chi connectivity index (χ0n) is 11.7. The van der Waals surface area contributed by atoms with E-state index in [1.807, 2.05) is 27.7 Å². The van der Waals surface area contributed by atoms with Crippen molar-refractivity contribution in [3.63, 3.8) is 0 Å². The highest BCUT2D eigenvalue weighted by molar-refractivity contribution is 14.0. The van der Waals surface area contributed by atoms with Gasteiger partial charge in [0.15, 0.2) is 5.96 Å². The predicted octanol–water partition coefficient (Wildman–Crippen LogP) is 1.24. The second kappa shape index (κ2) is 7.81. The molecule has 0 radical (unpaired) electrons. The quantitative estimate of drug-likeness (QED) is 0.397. The zero-order valence-corrected chi connectivity index (χ0v) is 14.0. The van der Waals surface area contributed by atoms with E-state index in [2.05, 4.69) is 20.9 Å². The first-order chi connectivity index (χ1) is 7.90. The van der Waals surface area contributed by atoms with E-state index in [4.69, 9.17) is 0 Å². The molecule has 0 atom stereocenters. The van der Waals surface area contributed by atoms with Gasteiger partial charge in [-0.25, -0.2) is 4.99 Å². The third-order valence-electron chi connectivity index (χ3n) is 2.16. The van der Waals surface area contributed by atoms with Gasteiger partial charge in [0.25, 0.3) is 0 Å². The molecule has 106 valence electrons. The summed E-state index contributed by atoms with van der Waals surface area (Å²) in [6.07, 6.45) is 2.39. The van der Waals surface area contributed by atoms with E-state index in [1.54, 1.807) is 0 Å². The average Bonchev–Trinajstić information content (AvgIpc) is 2.95. The fourth-order valence-electron chi connectivity index (χ4n) is 1.35. The second-order valence-electron chi connectivity index (χ2n) is 5.41. The van der Waals surface area contributed by atoms with Crippen molar-refractivity contribution in [3.05, 3.63) is 0 Å². The van der Waals surface area contributed by atoms with Crippen molar-refractivity contribution in [2.45, 2.75) is 52.1 Å². The van der Waals surface area contributed by atoms with Crippen LogP contribution < -0.4 is 16.0 Å². The fraction of sp³-hybridized carbons (Fsp3) is 0.833. The van der Waals surface area contributed by atoms with Crippen LogP contribution in [0.2, 0.25) is 0 Å². The maximum atomic E-state index is 11.6. The van der Waals surface area contributed by atoms with E-state index in [9.17, 15) is 4.79 Å². The number of aliphatic imine (C=N–C) groups is 1. The van der Waals surface area contributed by atoms with Gasteiger partial charge < -0.3 is 16.0 Å². The summed E-state index contributed by atoms with van der Waals surface area (Å²) in [6, 6.07) is 0.540. The Morgan fingerprint density at radius 1 is 1.33 bits per heavy atom. The number of carbonyl (C=O) groups excluding carboxylic acids is 1. The molecule has 5 nitrogen and oxygen atoms in total. The van der Waals surface area contributed by atoms with Gasteiger partial charge in [-0.1, -0.05) is 0 Å². The Kier molecular flexibility index (Phi) is 7.58. The highest BCUT2D eigenvalue weighted by atomic mass is 127. The molecule has 0 aromatic carbocycles. The molecule has 18 heavy (non-hydrogen) atoms. The van der Waals surface area contributed by atoms with Crippen molar-refractivity contribution < 1.29 is 4.79 Å². The van der Waals surface area contributed by atoms with Crippen LogP contribution >= 0.6 is 24.0 Å². The maximum absolute atomic E-state index is 11.6. The third-order valence-corrected chi connectivity index (χ3v) is 2.16. The lowest BCUT2D eigenvalue weighted by Gasteiger charge is -2.20. The Bertz CT molecular complexity index is 295. The maximum Gasteiger partial charge on any atom is 0.242 e. The van der Waals surface area contributed by atoms with Crippen molar-refractivity contribution in [1.29, 1.82) is 0 Å². The molecule has 0 unspecified atom stereocenters. The van der Waals surface area contributed by atoms with Crippen molar-refractivity contribution in [2.75, 3.05) is 13.1 Å². The van der Waals surface area contributed by atoms with Crippen molar-refractivity contribution >= 4 is 35.8 Å². The Morgan fingerprint density at radius 2 is 1.94 bits per heavy atom. The fourth-order valence-corrected chi connectivity index (χ4v) is 1.35. The molecule has 3 N–H and O–H groups in total. The topological polar surface area (TPSA) is 65.5 Å². The minimum atomic E-state index is -0.200. The van der Waals surface area contributed by atoms with Gasteiger partial charge in [0.2, 0.25) is 5.91 Å². The number of hydrogen-bond acceptors (Lipinski definition) is 2. The molecule has 1 aliphatic rings. The van der Waals surface area contributed by atoms with Crippen LogP contribution in [-0.4, -0.2) is 36.5 Å². The number of rotatable bonds is 4. The first-order valence-electron chi connectivity index (χ1n) is 6.26. The van der Waals surface area contributed by atoms with Crippen molar-refractivity contribution in [1.82, 2.24) is 16.0 Å². The zero-order chi connectivity index (χ0) is 12.9. The van der Waals surface area contributed by atoms with Crippen LogP contribution in [-0.2, 0) is 4.79 Å². The Balaban J connectivity index is 0.00000289. The van der Waals surface area contributed by atoms with Gasteiger partial charge in [-0.2, -0.15) is 0 Å².